The molecule has 9 heteroatoms. The van der Waals surface area contributed by atoms with Crippen LogP contribution in [0.25, 0.3) is 11.0 Å². The summed E-state index contributed by atoms with van der Waals surface area (Å²) in [6, 6.07) is 7.40. The molecule has 0 aliphatic carbocycles. The van der Waals surface area contributed by atoms with Gasteiger partial charge in [0.2, 0.25) is 5.16 Å². The number of hydrogen-bond donors (Lipinski definition) is 0. The average molecular weight is 411 g/mol. The molecule has 2 aromatic heterocycles. The summed E-state index contributed by atoms with van der Waals surface area (Å²) in [6.45, 7) is 5.10. The average Bonchev–Trinajstić information content (AvgIpc) is 3.01. The van der Waals surface area contributed by atoms with E-state index in [-0.39, 0.29) is 43.5 Å². The largest absolute Gasteiger partial charge is 1.00 e. The van der Waals surface area contributed by atoms with Crippen LogP contribution in [0, 0.1) is 13.8 Å². The molecule has 0 amide bonds. The molecule has 3 aromatic rings. The predicted octanol–water partition coefficient (Wildman–Crippen LogP) is 0.00164. The van der Waals surface area contributed by atoms with E-state index in [1.54, 1.807) is 17.9 Å². The van der Waals surface area contributed by atoms with Gasteiger partial charge in [0, 0.05) is 24.2 Å². The van der Waals surface area contributed by atoms with Crippen molar-refractivity contribution in [1.82, 2.24) is 14.5 Å². The number of para-hydroxylation sites is 2. The van der Waals surface area contributed by atoms with Gasteiger partial charge < -0.3 is 10.9 Å². The number of carbonyl (C=O) groups excluding carboxylic acids is 1. The number of aromatic nitrogens is 3. The SMILES string of the molecule is COc1c(C)cnc(CS(=O)c2nc3ccccc3n2COC(C)=O)c1C.[H-].[Na+]. The van der Waals surface area contributed by atoms with Crippen LogP contribution < -0.4 is 34.3 Å². The Bertz CT molecular complexity index is 1040. The van der Waals surface area contributed by atoms with E-state index in [2.05, 4.69) is 9.97 Å². The molecular formula is C19H22N3NaO4S. The molecule has 7 nitrogen and oxygen atoms in total. The van der Waals surface area contributed by atoms with Crippen molar-refractivity contribution in [2.75, 3.05) is 7.11 Å². The third-order valence-corrected chi connectivity index (χ3v) is 5.49. The Morgan fingerprint density at radius 2 is 2.00 bits per heavy atom. The summed E-state index contributed by atoms with van der Waals surface area (Å²) in [5, 5.41) is 0.346. The van der Waals surface area contributed by atoms with Crippen LogP contribution in [0.3, 0.4) is 0 Å². The summed E-state index contributed by atoms with van der Waals surface area (Å²) in [7, 11) is 0.128. The molecule has 144 valence electrons. The number of fused-ring (bicyclic) bond motifs is 1. The first-order valence-electron chi connectivity index (χ1n) is 8.38. The molecule has 0 N–H and O–H groups in total. The molecule has 0 aliphatic heterocycles. The molecule has 0 bridgehead atoms. The van der Waals surface area contributed by atoms with Gasteiger partial charge in [0.1, 0.15) is 5.75 Å². The minimum Gasteiger partial charge on any atom is -1.00 e. The maximum Gasteiger partial charge on any atom is 1.00 e. The fraction of sp³-hybridized carbons (Fsp3) is 0.316. The molecule has 0 saturated carbocycles. The fourth-order valence-corrected chi connectivity index (χ4v) is 4.18. The first-order valence-corrected chi connectivity index (χ1v) is 9.70. The molecule has 28 heavy (non-hydrogen) atoms. The van der Waals surface area contributed by atoms with Crippen LogP contribution in [0.1, 0.15) is 25.2 Å². The summed E-state index contributed by atoms with van der Waals surface area (Å²) in [6.07, 6.45) is 1.71. The summed E-state index contributed by atoms with van der Waals surface area (Å²) < 4.78 is 25.3. The number of hydrogen-bond acceptors (Lipinski definition) is 6. The number of aryl methyl sites for hydroxylation is 1. The van der Waals surface area contributed by atoms with Crippen molar-refractivity contribution < 1.29 is 49.5 Å². The Morgan fingerprint density at radius 1 is 1.29 bits per heavy atom. The first kappa shape index (κ1) is 22.5. The van der Waals surface area contributed by atoms with E-state index in [1.165, 1.54) is 6.92 Å². The quantitative estimate of drug-likeness (QED) is 0.420. The smallest absolute Gasteiger partial charge is 1.00 e. The van der Waals surface area contributed by atoms with Crippen molar-refractivity contribution in [3.8, 4) is 5.75 Å². The van der Waals surface area contributed by atoms with Crippen molar-refractivity contribution in [2.45, 2.75) is 38.4 Å². The number of imidazole rings is 1. The van der Waals surface area contributed by atoms with Crippen molar-refractivity contribution in [3.63, 3.8) is 0 Å². The van der Waals surface area contributed by atoms with Crippen LogP contribution in [0.4, 0.5) is 0 Å². The van der Waals surface area contributed by atoms with Gasteiger partial charge in [-0.2, -0.15) is 0 Å². The second kappa shape index (κ2) is 9.65. The summed E-state index contributed by atoms with van der Waals surface area (Å²) in [5.41, 5.74) is 3.91. The Labute approximate surface area is 189 Å². The first-order chi connectivity index (χ1) is 12.9. The Balaban J connectivity index is 0.00000210. The number of nitrogens with zero attached hydrogens (tertiary/aromatic N) is 3. The van der Waals surface area contributed by atoms with Gasteiger partial charge in [-0.1, -0.05) is 12.1 Å². The molecule has 1 unspecified atom stereocenters. The van der Waals surface area contributed by atoms with Crippen LogP contribution in [0.5, 0.6) is 5.75 Å². The van der Waals surface area contributed by atoms with Crippen molar-refractivity contribution in [3.05, 3.63) is 47.3 Å². The van der Waals surface area contributed by atoms with E-state index in [1.807, 2.05) is 38.1 Å². The van der Waals surface area contributed by atoms with Gasteiger partial charge in [0.15, 0.2) is 6.73 Å². The van der Waals surface area contributed by atoms with Crippen LogP contribution in [0.2, 0.25) is 0 Å². The summed E-state index contributed by atoms with van der Waals surface area (Å²) >= 11 is 0. The molecular weight excluding hydrogens is 389 g/mol. The van der Waals surface area contributed by atoms with E-state index in [4.69, 9.17) is 9.47 Å². The summed E-state index contributed by atoms with van der Waals surface area (Å²) in [4.78, 5) is 20.1. The number of carbonyl (C=O) groups is 1. The zero-order valence-corrected chi connectivity index (χ0v) is 19.5. The minimum atomic E-state index is -1.48. The third-order valence-electron chi connectivity index (χ3n) is 4.24. The van der Waals surface area contributed by atoms with Gasteiger partial charge in [-0.15, -0.1) is 0 Å². The molecule has 0 aliphatic rings. The number of ether oxygens (including phenoxy) is 2. The molecule has 2 heterocycles. The number of rotatable bonds is 6. The van der Waals surface area contributed by atoms with Crippen molar-refractivity contribution >= 4 is 27.8 Å². The second-order valence-electron chi connectivity index (χ2n) is 6.11. The van der Waals surface area contributed by atoms with E-state index in [0.717, 1.165) is 22.4 Å². The zero-order chi connectivity index (χ0) is 19.6. The Kier molecular flexibility index (Phi) is 7.77. The van der Waals surface area contributed by atoms with Gasteiger partial charge in [-0.3, -0.25) is 18.6 Å². The predicted molar refractivity (Wildman–Crippen MR) is 103 cm³/mol. The van der Waals surface area contributed by atoms with Gasteiger partial charge in [-0.05, 0) is 26.0 Å². The number of esters is 1. The minimum absolute atomic E-state index is 0. The third kappa shape index (κ3) is 4.63. The zero-order valence-electron chi connectivity index (χ0n) is 17.7. The van der Waals surface area contributed by atoms with E-state index >= 15 is 0 Å². The van der Waals surface area contributed by atoms with E-state index in [0.29, 0.717) is 16.4 Å². The Morgan fingerprint density at radius 3 is 2.68 bits per heavy atom. The van der Waals surface area contributed by atoms with Crippen LogP contribution >= 0.6 is 0 Å². The summed E-state index contributed by atoms with van der Waals surface area (Å²) in [5.74, 6) is 0.516. The molecule has 1 aromatic carbocycles. The Hall–Kier alpha value is -1.74. The molecule has 0 radical (unpaired) electrons. The fourth-order valence-electron chi connectivity index (χ4n) is 2.91. The van der Waals surface area contributed by atoms with Gasteiger partial charge in [0.05, 0.1) is 40.4 Å². The van der Waals surface area contributed by atoms with Crippen molar-refractivity contribution in [1.29, 1.82) is 0 Å². The van der Waals surface area contributed by atoms with Gasteiger partial charge >= 0.3 is 35.5 Å². The maximum atomic E-state index is 13.1. The molecule has 0 spiro atoms. The molecule has 0 saturated heterocycles. The maximum absolute atomic E-state index is 13.1. The normalized spacial score (nSPS) is 11.7. The van der Waals surface area contributed by atoms with Crippen LogP contribution in [-0.2, 0) is 32.8 Å². The molecule has 3 rings (SSSR count). The monoisotopic (exact) mass is 411 g/mol. The van der Waals surface area contributed by atoms with Crippen LogP contribution in [-0.4, -0.2) is 31.8 Å². The number of benzene rings is 1. The van der Waals surface area contributed by atoms with Crippen molar-refractivity contribution in [2.24, 2.45) is 0 Å². The topological polar surface area (TPSA) is 83.3 Å². The molecule has 0 fully saturated rings. The second-order valence-corrected chi connectivity index (χ2v) is 7.46. The van der Waals surface area contributed by atoms with E-state index < -0.39 is 16.8 Å². The number of methoxy groups -OCH3 is 1. The van der Waals surface area contributed by atoms with E-state index in [9.17, 15) is 9.00 Å². The van der Waals surface area contributed by atoms with Gasteiger partial charge in [-0.25, -0.2) is 4.98 Å². The number of pyridine rings is 1. The standard InChI is InChI=1S/C19H21N3O4S.Na.H/c1-12-9-20-16(13(2)18(12)25-4)10-27(24)19-21-15-7-5-6-8-17(15)22(19)11-26-14(3)23;;/h5-9H,10-11H2,1-4H3;;/q;+1;-1. The van der Waals surface area contributed by atoms with Crippen LogP contribution in [0.15, 0.2) is 35.6 Å². The molecule has 1 atom stereocenters. The van der Waals surface area contributed by atoms with Gasteiger partial charge in [0.25, 0.3) is 0 Å².